The van der Waals surface area contributed by atoms with Gasteiger partial charge >= 0.3 is 36.6 Å². The molecule has 2 N–H and O–H groups in total. The van der Waals surface area contributed by atoms with E-state index in [1.807, 2.05) is 0 Å². The monoisotopic (exact) mass is 1060 g/mol. The van der Waals surface area contributed by atoms with E-state index >= 15 is 52.7 Å². The van der Waals surface area contributed by atoms with E-state index in [1.165, 1.54) is 46.2 Å². The third-order valence-corrected chi connectivity index (χ3v) is 12.8. The Labute approximate surface area is 412 Å². The summed E-state index contributed by atoms with van der Waals surface area (Å²) in [4.78, 5) is 51.0. The Hall–Kier alpha value is -6.73. The molecule has 6 rings (SSSR count). The molecule has 2 fully saturated rings. The zero-order chi connectivity index (χ0) is 53.8. The smallest absolute Gasteiger partial charge is 0.418 e. The van der Waals surface area contributed by atoms with Gasteiger partial charge < -0.3 is 29.5 Å². The SMILES string of the molecule is COc1ccccc1-c1cc(Sc2cc(-c3ccccc3OC)c(/C=C/C(=O)N3CCN(CC(=O)O)CC3)c(C(F)(F)F)c2C(F)(F)F)c(C(F)(F)F)c(C(F)(F)F)c1/C=C/C(=O)N1CCN(CC(=O)O)CC1. The molecule has 2 saturated heterocycles. The zero-order valence-electron chi connectivity index (χ0n) is 38.2. The Kier molecular flexibility index (Phi) is 16.9. The van der Waals surface area contributed by atoms with E-state index in [2.05, 4.69) is 0 Å². The van der Waals surface area contributed by atoms with Crippen molar-refractivity contribution in [3.63, 3.8) is 0 Å². The number of carbonyl (C=O) groups is 4. The molecule has 0 radical (unpaired) electrons. The molecule has 2 amide bonds. The van der Waals surface area contributed by atoms with Gasteiger partial charge in [0.2, 0.25) is 11.8 Å². The number of piperazine rings is 2. The van der Waals surface area contributed by atoms with Gasteiger partial charge in [-0.3, -0.25) is 29.0 Å². The summed E-state index contributed by atoms with van der Waals surface area (Å²) in [5, 5.41) is 18.2. The molecule has 0 aliphatic carbocycles. The highest BCUT2D eigenvalue weighted by atomic mass is 32.2. The number of carboxylic acid groups (broad SMARTS) is 2. The van der Waals surface area contributed by atoms with Crippen molar-refractivity contribution in [3.8, 4) is 33.8 Å². The lowest BCUT2D eigenvalue weighted by Gasteiger charge is -2.33. The molecule has 2 aliphatic rings. The van der Waals surface area contributed by atoms with Gasteiger partial charge in [-0.05, 0) is 58.7 Å². The van der Waals surface area contributed by atoms with E-state index in [1.54, 1.807) is 0 Å². The van der Waals surface area contributed by atoms with Crippen LogP contribution in [-0.4, -0.2) is 133 Å². The highest BCUT2D eigenvalue weighted by Gasteiger charge is 2.50. The highest BCUT2D eigenvalue weighted by Crippen LogP contribution is 2.56. The van der Waals surface area contributed by atoms with Gasteiger partial charge in [0.1, 0.15) is 11.5 Å². The molecular formula is C48H42F12N4O8S. The van der Waals surface area contributed by atoms with E-state index in [9.17, 15) is 19.2 Å². The van der Waals surface area contributed by atoms with Gasteiger partial charge in [-0.15, -0.1) is 0 Å². The minimum atomic E-state index is -6.11. The Balaban J connectivity index is 1.64. The number of para-hydroxylation sites is 2. The first kappa shape index (κ1) is 55.6. The third-order valence-electron chi connectivity index (χ3n) is 11.7. The largest absolute Gasteiger partial charge is 0.496 e. The van der Waals surface area contributed by atoms with Gasteiger partial charge in [0.05, 0.1) is 49.6 Å². The fourth-order valence-corrected chi connectivity index (χ4v) is 9.69. The molecule has 0 saturated carbocycles. The lowest BCUT2D eigenvalue weighted by Crippen LogP contribution is -2.49. The van der Waals surface area contributed by atoms with Crippen LogP contribution in [0.25, 0.3) is 34.4 Å². The number of benzene rings is 4. The van der Waals surface area contributed by atoms with Crippen molar-refractivity contribution in [2.75, 3.05) is 79.7 Å². The summed E-state index contributed by atoms with van der Waals surface area (Å²) in [6.45, 7) is -1.31. The van der Waals surface area contributed by atoms with E-state index in [-0.39, 0.29) is 75.0 Å². The summed E-state index contributed by atoms with van der Waals surface area (Å²) >= 11 is -0.693. The Bertz CT molecular complexity index is 2610. The Morgan fingerprint density at radius 1 is 0.507 bits per heavy atom. The molecule has 0 spiro atoms. The van der Waals surface area contributed by atoms with Gasteiger partial charge in [-0.1, -0.05) is 48.2 Å². The number of alkyl halides is 12. The van der Waals surface area contributed by atoms with Crippen molar-refractivity contribution >= 4 is 47.7 Å². The predicted octanol–water partition coefficient (Wildman–Crippen LogP) is 9.75. The second-order valence-corrected chi connectivity index (χ2v) is 17.4. The molecule has 4 aromatic rings. The van der Waals surface area contributed by atoms with Crippen LogP contribution in [-0.2, 0) is 43.9 Å². The lowest BCUT2D eigenvalue weighted by atomic mass is 9.90. The van der Waals surface area contributed by atoms with Crippen LogP contribution < -0.4 is 9.47 Å². The number of halogens is 12. The average molecular weight is 1060 g/mol. The van der Waals surface area contributed by atoms with Crippen LogP contribution in [0.4, 0.5) is 52.7 Å². The van der Waals surface area contributed by atoms with Crippen LogP contribution in [0.2, 0.25) is 0 Å². The molecule has 25 heteroatoms. The number of amides is 2. The molecule has 392 valence electrons. The minimum absolute atomic E-state index is 0.00948. The van der Waals surface area contributed by atoms with Crippen molar-refractivity contribution in [2.45, 2.75) is 34.5 Å². The van der Waals surface area contributed by atoms with Gasteiger partial charge in [0.25, 0.3) is 0 Å². The highest BCUT2D eigenvalue weighted by molar-refractivity contribution is 7.99. The van der Waals surface area contributed by atoms with E-state index in [4.69, 9.17) is 19.7 Å². The first-order chi connectivity index (χ1) is 34.1. The average Bonchev–Trinajstić information content (AvgIpc) is 3.30. The molecule has 0 atom stereocenters. The van der Waals surface area contributed by atoms with E-state index < -0.39 is 128 Å². The fraction of sp³-hybridized carbons (Fsp3) is 0.333. The van der Waals surface area contributed by atoms with Gasteiger partial charge in [0, 0.05) is 85.4 Å². The summed E-state index contributed by atoms with van der Waals surface area (Å²) in [5.74, 6) is -4.92. The molecular weight excluding hydrogens is 1020 g/mol. The van der Waals surface area contributed by atoms with Crippen LogP contribution in [0, 0.1) is 0 Å². The number of methoxy groups -OCH3 is 2. The van der Waals surface area contributed by atoms with E-state index in [0.29, 0.717) is 36.4 Å². The first-order valence-corrected chi connectivity index (χ1v) is 22.4. The number of ether oxygens (including phenoxy) is 2. The minimum Gasteiger partial charge on any atom is -0.496 e. The van der Waals surface area contributed by atoms with Crippen LogP contribution in [0.3, 0.4) is 0 Å². The second-order valence-electron chi connectivity index (χ2n) is 16.3. The van der Waals surface area contributed by atoms with Crippen molar-refractivity contribution in [2.24, 2.45) is 0 Å². The van der Waals surface area contributed by atoms with Crippen LogP contribution in [0.1, 0.15) is 33.4 Å². The standard InChI is InChI=1S/C48H42F12N4O8S/c1-71-33-9-5-3-7-27(33)31-23-35(43(47(55,56)57)41(45(49,50)51)29(31)11-13-37(65)63-19-15-61(16-20-63)25-39(67)68)73-36-24-32(28-8-4-6-10-34(28)72-2)30(42(46(52,53)54)44(36)48(58,59)60)12-14-38(66)64-21-17-62(18-22-64)26-40(69)70/h3-14,23-24H,15-22,25-26H2,1-2H3,(H,67,68)(H,69,70)/b13-11+,14-12+. The molecule has 0 unspecified atom stereocenters. The number of carbonyl (C=O) groups excluding carboxylic acids is 2. The van der Waals surface area contributed by atoms with Crippen molar-refractivity contribution in [1.82, 2.24) is 19.6 Å². The zero-order valence-corrected chi connectivity index (χ0v) is 39.0. The summed E-state index contributed by atoms with van der Waals surface area (Å²) in [5.41, 5.74) is -15.3. The molecule has 0 bridgehead atoms. The van der Waals surface area contributed by atoms with Crippen LogP contribution >= 0.6 is 11.8 Å². The molecule has 4 aromatic carbocycles. The van der Waals surface area contributed by atoms with Crippen molar-refractivity contribution in [3.05, 3.63) is 106 Å². The molecule has 2 aliphatic heterocycles. The Morgan fingerprint density at radius 2 is 0.822 bits per heavy atom. The number of hydrogen-bond donors (Lipinski definition) is 2. The first-order valence-electron chi connectivity index (χ1n) is 21.6. The number of aliphatic carboxylic acids is 2. The lowest BCUT2D eigenvalue weighted by molar-refractivity contribution is -0.164. The van der Waals surface area contributed by atoms with Crippen molar-refractivity contribution < 1.29 is 91.5 Å². The maximum atomic E-state index is 15.6. The molecule has 2 heterocycles. The summed E-state index contributed by atoms with van der Waals surface area (Å²) in [6.07, 6.45) is -22.4. The van der Waals surface area contributed by atoms with Gasteiger partial charge in [0.15, 0.2) is 0 Å². The molecule has 0 aromatic heterocycles. The van der Waals surface area contributed by atoms with E-state index in [0.717, 1.165) is 36.2 Å². The predicted molar refractivity (Wildman–Crippen MR) is 240 cm³/mol. The number of rotatable bonds is 14. The normalized spacial score (nSPS) is 15.6. The Morgan fingerprint density at radius 3 is 1.11 bits per heavy atom. The van der Waals surface area contributed by atoms with Gasteiger partial charge in [-0.25, -0.2) is 0 Å². The maximum absolute atomic E-state index is 15.6. The second kappa shape index (κ2) is 22.2. The topological polar surface area (TPSA) is 140 Å². The number of carboxylic acids is 2. The number of nitrogens with zero attached hydrogens (tertiary/aromatic N) is 4. The van der Waals surface area contributed by atoms with Crippen LogP contribution in [0.15, 0.2) is 82.6 Å². The van der Waals surface area contributed by atoms with Crippen molar-refractivity contribution in [1.29, 1.82) is 0 Å². The quantitative estimate of drug-likeness (QED) is 0.0922. The molecule has 73 heavy (non-hydrogen) atoms. The fourth-order valence-electron chi connectivity index (χ4n) is 8.46. The summed E-state index contributed by atoms with van der Waals surface area (Å²) < 4.78 is 198. The molecule has 12 nitrogen and oxygen atoms in total. The maximum Gasteiger partial charge on any atom is 0.418 e. The third kappa shape index (κ3) is 13.1. The van der Waals surface area contributed by atoms with Gasteiger partial charge in [-0.2, -0.15) is 52.7 Å². The summed E-state index contributed by atoms with van der Waals surface area (Å²) in [6, 6.07) is 10.5. The van der Waals surface area contributed by atoms with Crippen LogP contribution in [0.5, 0.6) is 11.5 Å². The summed E-state index contributed by atoms with van der Waals surface area (Å²) in [7, 11) is 2.10. The number of hydrogen-bond acceptors (Lipinski definition) is 9.